The lowest BCUT2D eigenvalue weighted by Gasteiger charge is -2.04. The summed E-state index contributed by atoms with van der Waals surface area (Å²) >= 11 is 0. The summed E-state index contributed by atoms with van der Waals surface area (Å²) < 4.78 is 0. The van der Waals surface area contributed by atoms with Gasteiger partial charge in [-0.25, -0.2) is 0 Å². The van der Waals surface area contributed by atoms with Crippen LogP contribution in [-0.4, -0.2) is 15.9 Å². The van der Waals surface area contributed by atoms with Crippen LogP contribution in [-0.2, 0) is 0 Å². The molecule has 0 fully saturated rings. The van der Waals surface area contributed by atoms with Crippen molar-refractivity contribution in [1.29, 1.82) is 0 Å². The van der Waals surface area contributed by atoms with Crippen molar-refractivity contribution in [2.75, 3.05) is 0 Å². The van der Waals surface area contributed by atoms with Crippen molar-refractivity contribution in [3.63, 3.8) is 0 Å². The third-order valence-corrected chi connectivity index (χ3v) is 1.52. The molecule has 0 bridgehead atoms. The minimum absolute atomic E-state index is 0.345. The van der Waals surface area contributed by atoms with Gasteiger partial charge in [-0.3, -0.25) is 20.2 Å². The fraction of sp³-hybridized carbons (Fsp3) is 0.333. The first-order chi connectivity index (χ1) is 5.63. The summed E-state index contributed by atoms with van der Waals surface area (Å²) in [5, 5.41) is 20.5. The lowest BCUT2D eigenvalue weighted by molar-refractivity contribution is -0.544. The molecule has 0 spiro atoms. The number of rotatable bonds is 2. The first kappa shape index (κ1) is 8.38. The van der Waals surface area contributed by atoms with Gasteiger partial charge in [0.1, 0.15) is 0 Å². The zero-order chi connectivity index (χ0) is 9.14. The highest BCUT2D eigenvalue weighted by molar-refractivity contribution is 5.15. The van der Waals surface area contributed by atoms with Gasteiger partial charge in [0, 0.05) is 11.0 Å². The van der Waals surface area contributed by atoms with Gasteiger partial charge < -0.3 is 0 Å². The molecule has 1 aliphatic carbocycles. The average Bonchev–Trinajstić information content (AvgIpc) is 2.04. The van der Waals surface area contributed by atoms with E-state index in [0.29, 0.717) is 6.42 Å². The van der Waals surface area contributed by atoms with Crippen LogP contribution in [0.15, 0.2) is 23.9 Å². The topological polar surface area (TPSA) is 86.3 Å². The second-order valence-electron chi connectivity index (χ2n) is 2.28. The van der Waals surface area contributed by atoms with E-state index in [0.717, 1.165) is 0 Å². The molecule has 0 heterocycles. The molecular formula is C6H6N2O4. The highest BCUT2D eigenvalue weighted by atomic mass is 16.6. The highest BCUT2D eigenvalue weighted by Crippen LogP contribution is 2.14. The van der Waals surface area contributed by atoms with Gasteiger partial charge in [-0.1, -0.05) is 6.08 Å². The van der Waals surface area contributed by atoms with Crippen LogP contribution in [0.2, 0.25) is 0 Å². The largest absolute Gasteiger partial charge is 0.320 e. The van der Waals surface area contributed by atoms with Crippen LogP contribution in [0.1, 0.15) is 6.42 Å². The summed E-state index contributed by atoms with van der Waals surface area (Å²) in [6, 6.07) is -1.28. The predicted molar refractivity (Wildman–Crippen MR) is 39.6 cm³/mol. The quantitative estimate of drug-likeness (QED) is 0.347. The average molecular weight is 170 g/mol. The number of hydrogen-bond donors (Lipinski definition) is 0. The highest BCUT2D eigenvalue weighted by Gasteiger charge is 2.33. The molecule has 6 heteroatoms. The third kappa shape index (κ3) is 1.47. The molecule has 0 saturated heterocycles. The van der Waals surface area contributed by atoms with Gasteiger partial charge in [-0.05, 0) is 12.5 Å². The SMILES string of the molecule is O=[N+]([O-])C1=CCC=CC1[N+](=O)[O-]. The van der Waals surface area contributed by atoms with Gasteiger partial charge in [0.15, 0.2) is 0 Å². The number of allylic oxidation sites excluding steroid dienone is 2. The monoisotopic (exact) mass is 170 g/mol. The molecule has 64 valence electrons. The Balaban J connectivity index is 2.90. The van der Waals surface area contributed by atoms with Gasteiger partial charge in [-0.15, -0.1) is 0 Å². The fourth-order valence-corrected chi connectivity index (χ4v) is 0.976. The van der Waals surface area contributed by atoms with Crippen LogP contribution in [0, 0.1) is 20.2 Å². The van der Waals surface area contributed by atoms with E-state index in [2.05, 4.69) is 0 Å². The molecule has 0 amide bonds. The van der Waals surface area contributed by atoms with Gasteiger partial charge in [0.25, 0.3) is 0 Å². The molecule has 1 unspecified atom stereocenters. The lowest BCUT2D eigenvalue weighted by atomic mass is 10.1. The van der Waals surface area contributed by atoms with Gasteiger partial charge in [0.05, 0.1) is 4.92 Å². The summed E-state index contributed by atoms with van der Waals surface area (Å²) in [6.45, 7) is 0. The van der Waals surface area contributed by atoms with E-state index >= 15 is 0 Å². The number of hydrogen-bond acceptors (Lipinski definition) is 4. The zero-order valence-corrected chi connectivity index (χ0v) is 6.04. The minimum Gasteiger partial charge on any atom is -0.263 e. The van der Waals surface area contributed by atoms with E-state index in [1.165, 1.54) is 12.2 Å². The molecule has 12 heavy (non-hydrogen) atoms. The first-order valence-corrected chi connectivity index (χ1v) is 3.27. The zero-order valence-electron chi connectivity index (χ0n) is 6.04. The van der Waals surface area contributed by atoms with Crippen molar-refractivity contribution in [3.8, 4) is 0 Å². The van der Waals surface area contributed by atoms with E-state index in [4.69, 9.17) is 0 Å². The molecule has 0 aliphatic heterocycles. The Kier molecular flexibility index (Phi) is 2.18. The minimum atomic E-state index is -1.28. The van der Waals surface area contributed by atoms with Crippen molar-refractivity contribution in [2.24, 2.45) is 0 Å². The Hall–Kier alpha value is -1.72. The second-order valence-corrected chi connectivity index (χ2v) is 2.28. The Labute approximate surface area is 67.5 Å². The van der Waals surface area contributed by atoms with Gasteiger partial charge in [-0.2, -0.15) is 0 Å². The number of nitrogens with zero attached hydrogens (tertiary/aromatic N) is 2. The molecule has 0 aromatic heterocycles. The van der Waals surface area contributed by atoms with Gasteiger partial charge >= 0.3 is 11.7 Å². The molecule has 1 atom stereocenters. The Morgan fingerprint density at radius 1 is 1.42 bits per heavy atom. The molecule has 1 rings (SSSR count). The van der Waals surface area contributed by atoms with E-state index in [1.54, 1.807) is 6.08 Å². The number of nitro groups is 2. The third-order valence-electron chi connectivity index (χ3n) is 1.52. The Bertz CT molecular complexity index is 281. The summed E-state index contributed by atoms with van der Waals surface area (Å²) in [5.74, 6) is 0. The van der Waals surface area contributed by atoms with E-state index in [1.807, 2.05) is 0 Å². The maximum Gasteiger partial charge on any atom is 0.320 e. The molecule has 0 radical (unpaired) electrons. The molecular weight excluding hydrogens is 164 g/mol. The standard InChI is InChI=1S/C6H6N2O4/c9-7(10)5-3-1-2-4-6(5)8(11)12/h1,3-5H,2H2. The van der Waals surface area contributed by atoms with Crippen LogP contribution >= 0.6 is 0 Å². The van der Waals surface area contributed by atoms with Crippen molar-refractivity contribution in [2.45, 2.75) is 12.5 Å². The summed E-state index contributed by atoms with van der Waals surface area (Å²) in [5.41, 5.74) is -0.345. The molecule has 0 aromatic carbocycles. The van der Waals surface area contributed by atoms with Crippen molar-refractivity contribution in [1.82, 2.24) is 0 Å². The van der Waals surface area contributed by atoms with E-state index in [-0.39, 0.29) is 5.70 Å². The van der Waals surface area contributed by atoms with E-state index in [9.17, 15) is 20.2 Å². The molecule has 0 N–H and O–H groups in total. The fourth-order valence-electron chi connectivity index (χ4n) is 0.976. The molecule has 0 saturated carbocycles. The smallest absolute Gasteiger partial charge is 0.263 e. The Morgan fingerprint density at radius 2 is 2.08 bits per heavy atom. The first-order valence-electron chi connectivity index (χ1n) is 3.27. The van der Waals surface area contributed by atoms with Gasteiger partial charge in [0.2, 0.25) is 0 Å². The predicted octanol–water partition coefficient (Wildman–Crippen LogP) is 0.752. The van der Waals surface area contributed by atoms with Crippen LogP contribution in [0.4, 0.5) is 0 Å². The van der Waals surface area contributed by atoms with Crippen molar-refractivity contribution >= 4 is 0 Å². The van der Waals surface area contributed by atoms with E-state index < -0.39 is 15.9 Å². The molecule has 0 aromatic rings. The van der Waals surface area contributed by atoms with Crippen molar-refractivity contribution < 1.29 is 9.85 Å². The molecule has 1 aliphatic rings. The lowest BCUT2D eigenvalue weighted by Crippen LogP contribution is -2.25. The van der Waals surface area contributed by atoms with Crippen LogP contribution in [0.5, 0.6) is 0 Å². The summed E-state index contributed by atoms with van der Waals surface area (Å²) in [7, 11) is 0. The van der Waals surface area contributed by atoms with Crippen LogP contribution in [0.3, 0.4) is 0 Å². The second kappa shape index (κ2) is 3.12. The van der Waals surface area contributed by atoms with Crippen LogP contribution < -0.4 is 0 Å². The maximum atomic E-state index is 10.3. The van der Waals surface area contributed by atoms with Crippen molar-refractivity contribution in [3.05, 3.63) is 44.2 Å². The molecule has 6 nitrogen and oxygen atoms in total. The Morgan fingerprint density at radius 3 is 2.50 bits per heavy atom. The summed E-state index contributed by atoms with van der Waals surface area (Å²) in [6.07, 6.45) is 4.42. The maximum absolute atomic E-state index is 10.3. The summed E-state index contributed by atoms with van der Waals surface area (Å²) in [4.78, 5) is 19.2. The van der Waals surface area contributed by atoms with Crippen LogP contribution in [0.25, 0.3) is 0 Å². The normalized spacial score (nSPS) is 21.7.